The smallest absolute Gasteiger partial charge is 0.276 e. The van der Waals surface area contributed by atoms with Gasteiger partial charge in [0.2, 0.25) is 0 Å². The van der Waals surface area contributed by atoms with E-state index in [0.717, 1.165) is 30.7 Å². The highest BCUT2D eigenvalue weighted by molar-refractivity contribution is 5.92. The molecule has 110 valence electrons. The molecule has 1 amide bonds. The van der Waals surface area contributed by atoms with E-state index < -0.39 is 11.6 Å². The predicted octanol–water partition coefficient (Wildman–Crippen LogP) is 3.10. The highest BCUT2D eigenvalue weighted by atomic mass is 19.1. The largest absolute Gasteiger partial charge is 0.360 e. The summed E-state index contributed by atoms with van der Waals surface area (Å²) in [6, 6.07) is 4.93. The molecule has 0 bridgehead atoms. The Bertz CT molecular complexity index is 680. The second-order valence-corrected chi connectivity index (χ2v) is 5.29. The van der Waals surface area contributed by atoms with Gasteiger partial charge in [-0.1, -0.05) is 11.2 Å². The van der Waals surface area contributed by atoms with Crippen LogP contribution in [0.4, 0.5) is 8.78 Å². The molecule has 2 aromatic rings. The summed E-state index contributed by atoms with van der Waals surface area (Å²) in [4.78, 5) is 13.5. The van der Waals surface area contributed by atoms with E-state index in [-0.39, 0.29) is 23.7 Å². The van der Waals surface area contributed by atoms with E-state index in [1.54, 1.807) is 6.07 Å². The Morgan fingerprint density at radius 3 is 2.81 bits per heavy atom. The van der Waals surface area contributed by atoms with Gasteiger partial charge in [0.1, 0.15) is 17.4 Å². The number of nitrogens with zero attached hydrogens (tertiary/aromatic N) is 2. The van der Waals surface area contributed by atoms with Gasteiger partial charge >= 0.3 is 0 Å². The first kappa shape index (κ1) is 13.7. The molecule has 1 heterocycles. The summed E-state index contributed by atoms with van der Waals surface area (Å²) in [7, 11) is 1.54. The van der Waals surface area contributed by atoms with E-state index in [2.05, 4.69) is 5.16 Å². The highest BCUT2D eigenvalue weighted by Gasteiger charge is 2.29. The van der Waals surface area contributed by atoms with Gasteiger partial charge in [-0.15, -0.1) is 0 Å². The van der Waals surface area contributed by atoms with E-state index in [0.29, 0.717) is 5.92 Å². The van der Waals surface area contributed by atoms with Gasteiger partial charge in [0, 0.05) is 37.2 Å². The molecule has 1 aromatic carbocycles. The molecule has 0 saturated heterocycles. The fraction of sp³-hybridized carbons (Fsp3) is 0.333. The van der Waals surface area contributed by atoms with Crippen LogP contribution in [0.25, 0.3) is 0 Å². The van der Waals surface area contributed by atoms with Crippen LogP contribution < -0.4 is 0 Å². The summed E-state index contributed by atoms with van der Waals surface area (Å²) in [6.07, 6.45) is 2.11. The monoisotopic (exact) mass is 292 g/mol. The lowest BCUT2D eigenvalue weighted by atomic mass is 10.2. The molecule has 3 rings (SSSR count). The van der Waals surface area contributed by atoms with Crippen molar-refractivity contribution in [2.24, 2.45) is 0 Å². The van der Waals surface area contributed by atoms with Gasteiger partial charge in [0.25, 0.3) is 5.91 Å². The Morgan fingerprint density at radius 2 is 2.14 bits per heavy atom. The van der Waals surface area contributed by atoms with Gasteiger partial charge in [0.15, 0.2) is 5.69 Å². The molecule has 1 aliphatic carbocycles. The van der Waals surface area contributed by atoms with Gasteiger partial charge in [-0.2, -0.15) is 0 Å². The molecule has 0 N–H and O–H groups in total. The zero-order valence-corrected chi connectivity index (χ0v) is 11.5. The predicted molar refractivity (Wildman–Crippen MR) is 70.6 cm³/mol. The maximum Gasteiger partial charge on any atom is 0.276 e. The maximum absolute atomic E-state index is 13.6. The number of hydrogen-bond donors (Lipinski definition) is 0. The van der Waals surface area contributed by atoms with Gasteiger partial charge in [-0.3, -0.25) is 4.79 Å². The van der Waals surface area contributed by atoms with Crippen molar-refractivity contribution in [3.8, 4) is 0 Å². The minimum Gasteiger partial charge on any atom is -0.360 e. The van der Waals surface area contributed by atoms with Gasteiger partial charge in [-0.05, 0) is 18.9 Å². The second-order valence-electron chi connectivity index (χ2n) is 5.29. The first-order valence-corrected chi connectivity index (χ1v) is 6.70. The third-order valence-electron chi connectivity index (χ3n) is 3.50. The number of amides is 1. The molecule has 4 nitrogen and oxygen atoms in total. The lowest BCUT2D eigenvalue weighted by Gasteiger charge is -2.16. The van der Waals surface area contributed by atoms with E-state index in [1.165, 1.54) is 18.0 Å². The highest BCUT2D eigenvalue weighted by Crippen LogP contribution is 2.40. The zero-order chi connectivity index (χ0) is 15.0. The quantitative estimate of drug-likeness (QED) is 0.870. The van der Waals surface area contributed by atoms with Crippen molar-refractivity contribution in [2.45, 2.75) is 25.3 Å². The van der Waals surface area contributed by atoms with Crippen molar-refractivity contribution >= 4 is 5.91 Å². The number of halogens is 2. The van der Waals surface area contributed by atoms with Crippen LogP contribution in [0.3, 0.4) is 0 Å². The summed E-state index contributed by atoms with van der Waals surface area (Å²) in [5.74, 6) is -0.572. The minimum absolute atomic E-state index is 0.0383. The van der Waals surface area contributed by atoms with Crippen LogP contribution in [0.5, 0.6) is 0 Å². The third kappa shape index (κ3) is 2.94. The molecule has 6 heteroatoms. The van der Waals surface area contributed by atoms with Gasteiger partial charge in [-0.25, -0.2) is 8.78 Å². The standard InChI is InChI=1S/C15H14F2N2O2/c1-19(8-10-4-5-11(16)6-12(10)17)15(20)13-7-14(21-18-13)9-2-3-9/h4-7,9H,2-3,8H2,1H3. The first-order valence-electron chi connectivity index (χ1n) is 6.70. The Balaban J connectivity index is 1.71. The van der Waals surface area contributed by atoms with E-state index in [9.17, 15) is 13.6 Å². The first-order chi connectivity index (χ1) is 10.0. The van der Waals surface area contributed by atoms with Crippen LogP contribution in [-0.4, -0.2) is 23.0 Å². The molecule has 0 atom stereocenters. The Hall–Kier alpha value is -2.24. The second kappa shape index (κ2) is 5.27. The Kier molecular flexibility index (Phi) is 3.45. The van der Waals surface area contributed by atoms with Crippen molar-refractivity contribution in [1.82, 2.24) is 10.1 Å². The lowest BCUT2D eigenvalue weighted by Crippen LogP contribution is -2.26. The summed E-state index contributed by atoms with van der Waals surface area (Å²) < 4.78 is 31.6. The fourth-order valence-corrected chi connectivity index (χ4v) is 2.12. The Morgan fingerprint density at radius 1 is 1.38 bits per heavy atom. The summed E-state index contributed by atoms with van der Waals surface area (Å²) in [5.41, 5.74) is 0.458. The number of rotatable bonds is 4. The third-order valence-corrected chi connectivity index (χ3v) is 3.50. The minimum atomic E-state index is -0.673. The molecule has 0 aliphatic heterocycles. The number of carbonyl (C=O) groups is 1. The maximum atomic E-state index is 13.6. The molecule has 0 radical (unpaired) electrons. The molecular formula is C15H14F2N2O2. The number of carbonyl (C=O) groups excluding carboxylic acids is 1. The number of benzene rings is 1. The van der Waals surface area contributed by atoms with E-state index in [1.807, 2.05) is 0 Å². The van der Waals surface area contributed by atoms with Crippen molar-refractivity contribution in [1.29, 1.82) is 0 Å². The normalized spacial score (nSPS) is 14.2. The summed E-state index contributed by atoms with van der Waals surface area (Å²) in [6.45, 7) is 0.0383. The van der Waals surface area contributed by atoms with Crippen molar-refractivity contribution in [3.05, 3.63) is 52.9 Å². The molecule has 0 spiro atoms. The molecule has 1 saturated carbocycles. The van der Waals surface area contributed by atoms with E-state index in [4.69, 9.17) is 4.52 Å². The molecule has 21 heavy (non-hydrogen) atoms. The van der Waals surface area contributed by atoms with Crippen LogP contribution in [0, 0.1) is 11.6 Å². The van der Waals surface area contributed by atoms with Crippen LogP contribution in [0.1, 0.15) is 40.6 Å². The SMILES string of the molecule is CN(Cc1ccc(F)cc1F)C(=O)c1cc(C2CC2)on1. The summed E-state index contributed by atoms with van der Waals surface area (Å²) in [5, 5.41) is 3.76. The van der Waals surface area contributed by atoms with Crippen molar-refractivity contribution in [2.75, 3.05) is 7.05 Å². The fourth-order valence-electron chi connectivity index (χ4n) is 2.12. The number of aromatic nitrogens is 1. The Labute approximate surface area is 120 Å². The van der Waals surface area contributed by atoms with Crippen LogP contribution in [0.2, 0.25) is 0 Å². The molecule has 1 aromatic heterocycles. The average Bonchev–Trinajstić information content (AvgIpc) is 3.19. The topological polar surface area (TPSA) is 46.3 Å². The number of hydrogen-bond acceptors (Lipinski definition) is 3. The van der Waals surface area contributed by atoms with E-state index >= 15 is 0 Å². The lowest BCUT2D eigenvalue weighted by molar-refractivity contribution is 0.0773. The average molecular weight is 292 g/mol. The molecule has 0 unspecified atom stereocenters. The zero-order valence-electron chi connectivity index (χ0n) is 11.5. The van der Waals surface area contributed by atoms with Crippen molar-refractivity contribution in [3.63, 3.8) is 0 Å². The van der Waals surface area contributed by atoms with Gasteiger partial charge in [0.05, 0.1) is 0 Å². The van der Waals surface area contributed by atoms with Crippen molar-refractivity contribution < 1.29 is 18.1 Å². The molecule has 1 fully saturated rings. The molecular weight excluding hydrogens is 278 g/mol. The van der Waals surface area contributed by atoms with Crippen LogP contribution in [0.15, 0.2) is 28.8 Å². The summed E-state index contributed by atoms with van der Waals surface area (Å²) >= 11 is 0. The van der Waals surface area contributed by atoms with Crippen LogP contribution in [-0.2, 0) is 6.54 Å². The van der Waals surface area contributed by atoms with Gasteiger partial charge < -0.3 is 9.42 Å². The molecule has 1 aliphatic rings. The van der Waals surface area contributed by atoms with Crippen LogP contribution >= 0.6 is 0 Å².